The van der Waals surface area contributed by atoms with Crippen molar-refractivity contribution in [2.45, 2.75) is 51.4 Å². The van der Waals surface area contributed by atoms with E-state index in [1.54, 1.807) is 11.3 Å². The molecule has 33 heavy (non-hydrogen) atoms. The highest BCUT2D eigenvalue weighted by Gasteiger charge is 2.19. The van der Waals surface area contributed by atoms with Gasteiger partial charge in [-0.05, 0) is 55.5 Å². The highest BCUT2D eigenvalue weighted by atomic mass is 32.1. The fourth-order valence-electron chi connectivity index (χ4n) is 4.70. The van der Waals surface area contributed by atoms with Crippen LogP contribution >= 0.6 is 11.3 Å². The van der Waals surface area contributed by atoms with Crippen molar-refractivity contribution in [1.29, 1.82) is 0 Å². The Morgan fingerprint density at radius 3 is 2.88 bits per heavy atom. The van der Waals surface area contributed by atoms with Gasteiger partial charge in [-0.25, -0.2) is 15.0 Å². The minimum atomic E-state index is 0.0572. The van der Waals surface area contributed by atoms with Crippen LogP contribution in [-0.2, 0) is 4.79 Å². The average molecular weight is 463 g/mol. The number of hydrogen-bond donors (Lipinski definition) is 2. The Bertz CT molecular complexity index is 1120. The zero-order valence-electron chi connectivity index (χ0n) is 19.0. The molecule has 7 nitrogen and oxygen atoms in total. The third kappa shape index (κ3) is 5.33. The minimum Gasteiger partial charge on any atom is -0.354 e. The molecule has 5 rings (SSSR count). The van der Waals surface area contributed by atoms with E-state index < -0.39 is 0 Å². The summed E-state index contributed by atoms with van der Waals surface area (Å²) < 4.78 is 0. The molecule has 1 aliphatic carbocycles. The number of anilines is 3. The molecule has 0 radical (unpaired) electrons. The number of amides is 1. The summed E-state index contributed by atoms with van der Waals surface area (Å²) >= 11 is 1.62. The Morgan fingerprint density at radius 1 is 1.12 bits per heavy atom. The van der Waals surface area contributed by atoms with Crippen LogP contribution in [0.4, 0.5) is 16.8 Å². The number of hydrogen-bond acceptors (Lipinski definition) is 7. The van der Waals surface area contributed by atoms with Crippen molar-refractivity contribution in [2.75, 3.05) is 29.9 Å². The van der Waals surface area contributed by atoms with Gasteiger partial charge in [0.25, 0.3) is 0 Å². The van der Waals surface area contributed by atoms with E-state index in [1.807, 2.05) is 12.4 Å². The molecule has 1 saturated carbocycles. The molecule has 2 aliphatic rings. The van der Waals surface area contributed by atoms with Gasteiger partial charge in [-0.2, -0.15) is 0 Å². The summed E-state index contributed by atoms with van der Waals surface area (Å²) in [6, 6.07) is 8.46. The molecule has 0 unspecified atom stereocenters. The molecular weight excluding hydrogens is 432 g/mol. The van der Waals surface area contributed by atoms with Crippen molar-refractivity contribution >= 4 is 34.0 Å². The summed E-state index contributed by atoms with van der Waals surface area (Å²) in [5, 5.41) is 7.23. The summed E-state index contributed by atoms with van der Waals surface area (Å²) in [6.07, 6.45) is 11.1. The quantitative estimate of drug-likeness (QED) is 0.554. The van der Waals surface area contributed by atoms with E-state index in [-0.39, 0.29) is 5.91 Å². The number of nitrogens with one attached hydrogen (secondary N) is 2. The first kappa shape index (κ1) is 21.8. The van der Waals surface area contributed by atoms with E-state index in [0.29, 0.717) is 18.4 Å². The Kier molecular flexibility index (Phi) is 6.53. The Morgan fingerprint density at radius 2 is 2.00 bits per heavy atom. The van der Waals surface area contributed by atoms with Gasteiger partial charge in [-0.1, -0.05) is 36.7 Å². The smallest absolute Gasteiger partial charge is 0.239 e. The minimum absolute atomic E-state index is 0.0572. The number of carbonyl (C=O) groups excluding carboxylic acids is 1. The van der Waals surface area contributed by atoms with Gasteiger partial charge >= 0.3 is 0 Å². The molecule has 8 heteroatoms. The summed E-state index contributed by atoms with van der Waals surface area (Å²) in [5.74, 6) is 1.25. The second-order valence-electron chi connectivity index (χ2n) is 8.98. The predicted octanol–water partition coefficient (Wildman–Crippen LogP) is 5.03. The van der Waals surface area contributed by atoms with E-state index in [4.69, 9.17) is 4.98 Å². The number of nitrogens with zero attached hydrogens (tertiary/aromatic N) is 4. The van der Waals surface area contributed by atoms with Crippen LogP contribution in [0.2, 0.25) is 0 Å². The number of benzene rings is 1. The lowest BCUT2D eigenvalue weighted by Gasteiger charge is -2.21. The number of thiazole rings is 1. The van der Waals surface area contributed by atoms with Gasteiger partial charge in [0.1, 0.15) is 0 Å². The van der Waals surface area contributed by atoms with Crippen LogP contribution < -0.4 is 15.5 Å². The predicted molar refractivity (Wildman–Crippen MR) is 133 cm³/mol. The number of aromatic nitrogens is 3. The molecule has 0 bridgehead atoms. The first-order valence-corrected chi connectivity index (χ1v) is 12.7. The van der Waals surface area contributed by atoms with Gasteiger partial charge in [-0.15, -0.1) is 0 Å². The van der Waals surface area contributed by atoms with Gasteiger partial charge in [-0.3, -0.25) is 4.79 Å². The topological polar surface area (TPSA) is 83.0 Å². The maximum atomic E-state index is 11.9. The van der Waals surface area contributed by atoms with Gasteiger partial charge < -0.3 is 15.5 Å². The molecule has 0 spiro atoms. The molecule has 172 valence electrons. The number of rotatable bonds is 5. The molecule has 3 aromatic rings. The molecule has 1 saturated heterocycles. The molecule has 2 aromatic heterocycles. The normalized spacial score (nSPS) is 17.5. The van der Waals surface area contributed by atoms with Crippen LogP contribution in [0.1, 0.15) is 55.7 Å². The molecule has 1 aromatic carbocycles. The maximum Gasteiger partial charge on any atom is 0.239 e. The summed E-state index contributed by atoms with van der Waals surface area (Å²) in [4.78, 5) is 29.0. The molecule has 1 amide bonds. The Labute approximate surface area is 198 Å². The van der Waals surface area contributed by atoms with Crippen LogP contribution in [0.15, 0.2) is 36.7 Å². The van der Waals surface area contributed by atoms with E-state index in [1.165, 1.54) is 32.1 Å². The van der Waals surface area contributed by atoms with Crippen LogP contribution in [0.5, 0.6) is 0 Å². The summed E-state index contributed by atoms with van der Waals surface area (Å²) in [5.41, 5.74) is 4.37. The lowest BCUT2D eigenvalue weighted by Crippen LogP contribution is -2.32. The SMILES string of the molecule is Cc1cc(Nc2nccc(C3CCCCC3)n2)cc(-c2cnc(N3CCCNC(=O)C3)s2)c1. The highest BCUT2D eigenvalue weighted by Crippen LogP contribution is 2.35. The average Bonchev–Trinajstić information content (AvgIpc) is 3.22. The van der Waals surface area contributed by atoms with Gasteiger partial charge in [0.2, 0.25) is 11.9 Å². The molecule has 1 aliphatic heterocycles. The third-order valence-electron chi connectivity index (χ3n) is 6.34. The lowest BCUT2D eigenvalue weighted by atomic mass is 9.87. The molecular formula is C25H30N6OS. The van der Waals surface area contributed by atoms with Crippen molar-refractivity contribution < 1.29 is 4.79 Å². The summed E-state index contributed by atoms with van der Waals surface area (Å²) in [6.45, 7) is 4.02. The summed E-state index contributed by atoms with van der Waals surface area (Å²) in [7, 11) is 0. The third-order valence-corrected chi connectivity index (χ3v) is 7.45. The molecule has 2 fully saturated rings. The number of carbonyl (C=O) groups is 1. The van der Waals surface area contributed by atoms with Gasteiger partial charge in [0.15, 0.2) is 5.13 Å². The van der Waals surface area contributed by atoms with Crippen molar-refractivity contribution in [3.8, 4) is 10.4 Å². The van der Waals surface area contributed by atoms with Crippen LogP contribution in [0.3, 0.4) is 0 Å². The van der Waals surface area contributed by atoms with Crippen LogP contribution in [-0.4, -0.2) is 40.5 Å². The van der Waals surface area contributed by atoms with E-state index in [0.717, 1.165) is 52.0 Å². The first-order chi connectivity index (χ1) is 16.1. The fraction of sp³-hybridized carbons (Fsp3) is 0.440. The van der Waals surface area contributed by atoms with Gasteiger partial charge in [0.05, 0.1) is 11.4 Å². The van der Waals surface area contributed by atoms with Crippen LogP contribution in [0, 0.1) is 6.92 Å². The van der Waals surface area contributed by atoms with E-state index in [2.05, 4.69) is 56.7 Å². The molecule has 0 atom stereocenters. The first-order valence-electron chi connectivity index (χ1n) is 11.8. The largest absolute Gasteiger partial charge is 0.354 e. The molecule has 3 heterocycles. The lowest BCUT2D eigenvalue weighted by molar-refractivity contribution is -0.119. The van der Waals surface area contributed by atoms with Crippen LogP contribution in [0.25, 0.3) is 10.4 Å². The number of aryl methyl sites for hydroxylation is 1. The van der Waals surface area contributed by atoms with E-state index in [9.17, 15) is 4.79 Å². The second-order valence-corrected chi connectivity index (χ2v) is 9.99. The fourth-order valence-corrected chi connectivity index (χ4v) is 5.63. The zero-order valence-corrected chi connectivity index (χ0v) is 19.8. The molecule has 2 N–H and O–H groups in total. The van der Waals surface area contributed by atoms with Crippen molar-refractivity contribution in [2.24, 2.45) is 0 Å². The van der Waals surface area contributed by atoms with Crippen molar-refractivity contribution in [3.05, 3.63) is 47.9 Å². The van der Waals surface area contributed by atoms with Gasteiger partial charge in [0, 0.05) is 42.8 Å². The Balaban J connectivity index is 1.35. The Hall–Kier alpha value is -3.00. The van der Waals surface area contributed by atoms with Crippen molar-refractivity contribution in [3.63, 3.8) is 0 Å². The highest BCUT2D eigenvalue weighted by molar-refractivity contribution is 7.18. The zero-order chi connectivity index (χ0) is 22.6. The van der Waals surface area contributed by atoms with E-state index >= 15 is 0 Å². The second kappa shape index (κ2) is 9.87. The maximum absolute atomic E-state index is 11.9. The monoisotopic (exact) mass is 462 g/mol. The van der Waals surface area contributed by atoms with Crippen molar-refractivity contribution in [1.82, 2.24) is 20.3 Å². The standard InChI is InChI=1S/C25H30N6OS/c1-17-12-19(22-15-28-25(33-22)31-11-5-9-26-23(32)16-31)14-20(13-17)29-24-27-10-8-21(30-24)18-6-3-2-4-7-18/h8,10,12-15,18H,2-7,9,11,16H2,1H3,(H,26,32)(H,27,29,30).